The average molecular weight is 435 g/mol. The summed E-state index contributed by atoms with van der Waals surface area (Å²) in [5, 5.41) is 4.03. The Balaban J connectivity index is 1.43. The molecule has 0 spiro atoms. The molecule has 0 fully saturated rings. The van der Waals surface area contributed by atoms with Crippen molar-refractivity contribution in [3.8, 4) is 0 Å². The number of fused-ring (bicyclic) bond motifs is 1. The third-order valence-electron chi connectivity index (χ3n) is 5.70. The van der Waals surface area contributed by atoms with Gasteiger partial charge in [0.1, 0.15) is 0 Å². The van der Waals surface area contributed by atoms with Gasteiger partial charge in [-0.25, -0.2) is 4.98 Å². The summed E-state index contributed by atoms with van der Waals surface area (Å²) in [6, 6.07) is 13.9. The summed E-state index contributed by atoms with van der Waals surface area (Å²) in [4.78, 5) is 21.8. The highest BCUT2D eigenvalue weighted by Gasteiger charge is 2.13. The lowest BCUT2D eigenvalue weighted by molar-refractivity contribution is 0.102. The van der Waals surface area contributed by atoms with Gasteiger partial charge in [-0.1, -0.05) is 35.6 Å². The summed E-state index contributed by atoms with van der Waals surface area (Å²) in [5.41, 5.74) is 3.71. The number of aromatic nitrogens is 1. The lowest BCUT2D eigenvalue weighted by atomic mass is 9.89. The number of rotatable bonds is 7. The van der Waals surface area contributed by atoms with E-state index in [1.54, 1.807) is 11.3 Å². The minimum Gasteiger partial charge on any atom is -0.350 e. The van der Waals surface area contributed by atoms with Crippen LogP contribution in [0.4, 0.5) is 10.8 Å². The number of hydrogen-bond acceptors (Lipinski definition) is 5. The Morgan fingerprint density at radius 2 is 1.94 bits per heavy atom. The smallest absolute Gasteiger partial charge is 0.255 e. The molecule has 6 heteroatoms. The van der Waals surface area contributed by atoms with Gasteiger partial charge < -0.3 is 15.1 Å². The fraction of sp³-hybridized carbons (Fsp3) is 0.360. The molecule has 0 saturated heterocycles. The molecule has 2 aromatic carbocycles. The Bertz CT molecular complexity index is 1070. The molecular weight excluding hydrogens is 404 g/mol. The SMILES string of the molecule is CN(C)CCN(C)c1nc2ccc(NC(=O)c3ccc(C4C=CCCC4)cc3)cc2s1. The standard InChI is InChI=1S/C25H30N4OS/c1-28(2)15-16-29(3)25-27-22-14-13-21(17-23(22)31-25)26-24(30)20-11-9-19(10-12-20)18-7-5-4-6-8-18/h5,7,9-14,17-18H,4,6,8,15-16H2,1-3H3,(H,26,30). The molecule has 1 aliphatic carbocycles. The molecule has 3 aromatic rings. The maximum absolute atomic E-state index is 12.7. The zero-order valence-corrected chi connectivity index (χ0v) is 19.3. The number of carbonyl (C=O) groups excluding carboxylic acids is 1. The number of amides is 1. The molecule has 162 valence electrons. The Morgan fingerprint density at radius 3 is 2.65 bits per heavy atom. The van der Waals surface area contributed by atoms with E-state index in [4.69, 9.17) is 4.98 Å². The van der Waals surface area contributed by atoms with E-state index in [9.17, 15) is 4.79 Å². The molecule has 1 N–H and O–H groups in total. The summed E-state index contributed by atoms with van der Waals surface area (Å²) in [7, 11) is 6.21. The minimum absolute atomic E-state index is 0.0853. The van der Waals surface area contributed by atoms with Crippen LogP contribution in [0.5, 0.6) is 0 Å². The Labute approximate surface area is 188 Å². The van der Waals surface area contributed by atoms with Crippen molar-refractivity contribution in [1.82, 2.24) is 9.88 Å². The molecule has 0 bridgehead atoms. The van der Waals surface area contributed by atoms with E-state index in [0.29, 0.717) is 11.5 Å². The van der Waals surface area contributed by atoms with Crippen molar-refractivity contribution in [2.45, 2.75) is 25.2 Å². The molecular formula is C25H30N4OS. The predicted octanol–water partition coefficient (Wildman–Crippen LogP) is 5.37. The van der Waals surface area contributed by atoms with Gasteiger partial charge >= 0.3 is 0 Å². The van der Waals surface area contributed by atoms with Crippen molar-refractivity contribution in [2.75, 3.05) is 44.4 Å². The van der Waals surface area contributed by atoms with Gasteiger partial charge in [0.05, 0.1) is 10.2 Å². The van der Waals surface area contributed by atoms with Gasteiger partial charge in [0.25, 0.3) is 5.91 Å². The molecule has 1 heterocycles. The van der Waals surface area contributed by atoms with Gasteiger partial charge in [0.15, 0.2) is 5.13 Å². The fourth-order valence-electron chi connectivity index (χ4n) is 3.77. The fourth-order valence-corrected chi connectivity index (χ4v) is 4.77. The zero-order valence-electron chi connectivity index (χ0n) is 18.5. The molecule has 31 heavy (non-hydrogen) atoms. The van der Waals surface area contributed by atoms with Gasteiger partial charge in [-0.15, -0.1) is 0 Å². The number of nitrogens with one attached hydrogen (secondary N) is 1. The first-order chi connectivity index (χ1) is 15.0. The first-order valence-corrected chi connectivity index (χ1v) is 11.7. The summed E-state index contributed by atoms with van der Waals surface area (Å²) in [6.07, 6.45) is 8.14. The molecule has 0 radical (unpaired) electrons. The second kappa shape index (κ2) is 9.62. The third-order valence-corrected chi connectivity index (χ3v) is 6.83. The number of hydrogen-bond donors (Lipinski definition) is 1. The molecule has 1 aromatic heterocycles. The number of carbonyl (C=O) groups is 1. The number of likely N-dealkylation sites (N-methyl/N-ethyl adjacent to an activating group) is 2. The van der Waals surface area contributed by atoms with E-state index < -0.39 is 0 Å². The number of nitrogens with zero attached hydrogens (tertiary/aromatic N) is 3. The van der Waals surface area contributed by atoms with Crippen LogP contribution >= 0.6 is 11.3 Å². The van der Waals surface area contributed by atoms with Crippen LogP contribution in [0.1, 0.15) is 41.1 Å². The topological polar surface area (TPSA) is 48.5 Å². The molecule has 0 saturated carbocycles. The lowest BCUT2D eigenvalue weighted by Gasteiger charge is -2.18. The highest BCUT2D eigenvalue weighted by atomic mass is 32.1. The number of allylic oxidation sites excluding steroid dienone is 2. The van der Waals surface area contributed by atoms with Crippen LogP contribution in [0.3, 0.4) is 0 Å². The van der Waals surface area contributed by atoms with E-state index in [0.717, 1.165) is 34.1 Å². The maximum atomic E-state index is 12.7. The molecule has 1 amide bonds. The van der Waals surface area contributed by atoms with Crippen LogP contribution < -0.4 is 10.2 Å². The third kappa shape index (κ3) is 5.32. The van der Waals surface area contributed by atoms with E-state index >= 15 is 0 Å². The van der Waals surface area contributed by atoms with E-state index in [2.05, 4.69) is 60.5 Å². The lowest BCUT2D eigenvalue weighted by Crippen LogP contribution is -2.28. The van der Waals surface area contributed by atoms with Gasteiger partial charge in [0.2, 0.25) is 0 Å². The van der Waals surface area contributed by atoms with Gasteiger partial charge in [-0.3, -0.25) is 4.79 Å². The Kier molecular flexibility index (Phi) is 6.68. The molecule has 0 aliphatic heterocycles. The number of anilines is 2. The molecule has 1 aliphatic rings. The van der Waals surface area contributed by atoms with Crippen molar-refractivity contribution < 1.29 is 4.79 Å². The summed E-state index contributed by atoms with van der Waals surface area (Å²) in [5.74, 6) is 0.391. The molecule has 4 rings (SSSR count). The second-order valence-electron chi connectivity index (χ2n) is 8.45. The van der Waals surface area contributed by atoms with Crippen molar-refractivity contribution in [3.63, 3.8) is 0 Å². The molecule has 1 atom stereocenters. The number of thiazole rings is 1. The predicted molar refractivity (Wildman–Crippen MR) is 132 cm³/mol. The van der Waals surface area contributed by atoms with Gasteiger partial charge in [-0.05, 0) is 69.3 Å². The summed E-state index contributed by atoms with van der Waals surface area (Å²) in [6.45, 7) is 1.90. The largest absolute Gasteiger partial charge is 0.350 e. The zero-order chi connectivity index (χ0) is 21.8. The van der Waals surface area contributed by atoms with Crippen molar-refractivity contribution >= 4 is 38.3 Å². The average Bonchev–Trinajstić information content (AvgIpc) is 3.21. The van der Waals surface area contributed by atoms with Crippen LogP contribution in [0.25, 0.3) is 10.2 Å². The first-order valence-electron chi connectivity index (χ1n) is 10.8. The van der Waals surface area contributed by atoms with Crippen LogP contribution in [0.15, 0.2) is 54.6 Å². The van der Waals surface area contributed by atoms with Gasteiger partial charge in [0, 0.05) is 37.3 Å². The summed E-state index contributed by atoms with van der Waals surface area (Å²) < 4.78 is 1.07. The van der Waals surface area contributed by atoms with E-state index in [1.807, 2.05) is 30.3 Å². The Morgan fingerprint density at radius 1 is 1.13 bits per heavy atom. The quantitative estimate of drug-likeness (QED) is 0.508. The van der Waals surface area contributed by atoms with Crippen LogP contribution in [-0.2, 0) is 0 Å². The monoisotopic (exact) mass is 434 g/mol. The van der Waals surface area contributed by atoms with Crippen molar-refractivity contribution in [3.05, 3.63) is 65.7 Å². The van der Waals surface area contributed by atoms with Crippen LogP contribution in [0, 0.1) is 0 Å². The van der Waals surface area contributed by atoms with E-state index in [-0.39, 0.29) is 5.91 Å². The first kappa shape index (κ1) is 21.5. The highest BCUT2D eigenvalue weighted by Crippen LogP contribution is 2.31. The van der Waals surface area contributed by atoms with Crippen LogP contribution in [0.2, 0.25) is 0 Å². The Hall–Kier alpha value is -2.70. The van der Waals surface area contributed by atoms with Crippen LogP contribution in [-0.4, -0.2) is 50.0 Å². The maximum Gasteiger partial charge on any atom is 0.255 e. The highest BCUT2D eigenvalue weighted by molar-refractivity contribution is 7.22. The van der Waals surface area contributed by atoms with Gasteiger partial charge in [-0.2, -0.15) is 0 Å². The minimum atomic E-state index is -0.0853. The number of benzene rings is 2. The van der Waals surface area contributed by atoms with Crippen molar-refractivity contribution in [1.29, 1.82) is 0 Å². The second-order valence-corrected chi connectivity index (χ2v) is 9.45. The summed E-state index contributed by atoms with van der Waals surface area (Å²) >= 11 is 1.65. The van der Waals surface area contributed by atoms with E-state index in [1.165, 1.54) is 24.8 Å². The molecule has 5 nitrogen and oxygen atoms in total. The normalized spacial score (nSPS) is 16.1. The molecule has 1 unspecified atom stereocenters. The van der Waals surface area contributed by atoms with Crippen molar-refractivity contribution in [2.24, 2.45) is 0 Å².